The number of likely N-dealkylation sites (tertiary alicyclic amines) is 1. The summed E-state index contributed by atoms with van der Waals surface area (Å²) in [4.78, 5) is 14.0. The maximum atomic E-state index is 12.9. The molecule has 27 heavy (non-hydrogen) atoms. The molecular formula is C18H19ClF3N3O2. The third-order valence-electron chi connectivity index (χ3n) is 4.94. The molecule has 1 saturated heterocycles. The van der Waals surface area contributed by atoms with Crippen molar-refractivity contribution in [1.29, 1.82) is 0 Å². The van der Waals surface area contributed by atoms with Crippen LogP contribution in [0.2, 0.25) is 5.02 Å². The number of benzene rings is 1. The van der Waals surface area contributed by atoms with Gasteiger partial charge >= 0.3 is 6.18 Å². The quantitative estimate of drug-likeness (QED) is 0.857. The summed E-state index contributed by atoms with van der Waals surface area (Å²) in [7, 11) is 0. The van der Waals surface area contributed by atoms with Crippen molar-refractivity contribution in [3.8, 4) is 0 Å². The van der Waals surface area contributed by atoms with E-state index < -0.39 is 22.5 Å². The number of alkyl halides is 3. The molecule has 0 atom stereocenters. The van der Waals surface area contributed by atoms with Gasteiger partial charge in [-0.1, -0.05) is 41.9 Å². The van der Waals surface area contributed by atoms with Gasteiger partial charge in [0.25, 0.3) is 0 Å². The molecule has 0 bridgehead atoms. The smallest absolute Gasteiger partial charge is 0.385 e. The second-order valence-electron chi connectivity index (χ2n) is 6.68. The van der Waals surface area contributed by atoms with Crippen LogP contribution in [0.25, 0.3) is 0 Å². The van der Waals surface area contributed by atoms with Gasteiger partial charge in [0.1, 0.15) is 6.54 Å². The Bertz CT molecular complexity index is 828. The van der Waals surface area contributed by atoms with Gasteiger partial charge in [-0.25, -0.2) is 0 Å². The number of rotatable bonds is 3. The van der Waals surface area contributed by atoms with Crippen molar-refractivity contribution >= 4 is 17.5 Å². The number of aromatic nitrogens is 2. The highest BCUT2D eigenvalue weighted by atomic mass is 35.5. The number of nitrogens with zero attached hydrogens (tertiary/aromatic N) is 3. The molecule has 9 heteroatoms. The first-order chi connectivity index (χ1) is 12.6. The molecule has 1 aromatic heterocycles. The van der Waals surface area contributed by atoms with Crippen LogP contribution in [0.1, 0.15) is 29.8 Å². The van der Waals surface area contributed by atoms with Gasteiger partial charge in [-0.15, -0.1) is 0 Å². The van der Waals surface area contributed by atoms with E-state index in [0.717, 1.165) is 10.2 Å². The Morgan fingerprint density at radius 1 is 1.26 bits per heavy atom. The minimum absolute atomic E-state index is 0.0927. The lowest BCUT2D eigenvalue weighted by atomic mass is 9.84. The van der Waals surface area contributed by atoms with Crippen LogP contribution >= 0.6 is 11.6 Å². The van der Waals surface area contributed by atoms with Crippen LogP contribution < -0.4 is 0 Å². The van der Waals surface area contributed by atoms with Crippen molar-refractivity contribution in [2.45, 2.75) is 38.1 Å². The molecule has 2 heterocycles. The molecule has 1 N–H and O–H groups in total. The number of hydrogen-bond donors (Lipinski definition) is 1. The molecule has 5 nitrogen and oxygen atoms in total. The van der Waals surface area contributed by atoms with Crippen LogP contribution in [0.5, 0.6) is 0 Å². The van der Waals surface area contributed by atoms with Crippen LogP contribution in [0.15, 0.2) is 30.3 Å². The zero-order valence-electron chi connectivity index (χ0n) is 14.6. The average Bonchev–Trinajstić information content (AvgIpc) is 2.91. The van der Waals surface area contributed by atoms with Crippen molar-refractivity contribution < 1.29 is 23.1 Å². The molecule has 0 spiro atoms. The number of carbonyl (C=O) groups excluding carboxylic acids is 1. The second-order valence-corrected chi connectivity index (χ2v) is 7.06. The van der Waals surface area contributed by atoms with E-state index in [9.17, 15) is 23.1 Å². The monoisotopic (exact) mass is 401 g/mol. The van der Waals surface area contributed by atoms with Gasteiger partial charge in [-0.05, 0) is 25.3 Å². The Labute approximate surface area is 159 Å². The Balaban J connectivity index is 1.67. The average molecular weight is 402 g/mol. The Morgan fingerprint density at radius 3 is 2.37 bits per heavy atom. The standard InChI is InChI=1S/C18H19ClF3N3O2/c1-12-15(19)16(18(20,21)22)23-25(12)11-14(26)24-9-7-17(27,8-10-24)13-5-3-2-4-6-13/h2-6,27H,7-11H2,1H3. The number of carbonyl (C=O) groups is 1. The van der Waals surface area contributed by atoms with Crippen molar-refractivity contribution in [1.82, 2.24) is 14.7 Å². The third-order valence-corrected chi connectivity index (χ3v) is 5.39. The molecular weight excluding hydrogens is 383 g/mol. The third kappa shape index (κ3) is 3.96. The molecule has 1 fully saturated rings. The molecule has 1 aliphatic rings. The molecule has 0 radical (unpaired) electrons. The minimum Gasteiger partial charge on any atom is -0.385 e. The fraction of sp³-hybridized carbons (Fsp3) is 0.444. The minimum atomic E-state index is -4.67. The second kappa shape index (κ2) is 7.16. The highest BCUT2D eigenvalue weighted by Gasteiger charge is 2.39. The Morgan fingerprint density at radius 2 is 1.85 bits per heavy atom. The molecule has 1 aromatic carbocycles. The lowest BCUT2D eigenvalue weighted by Crippen LogP contribution is -2.46. The normalized spacial score (nSPS) is 17.2. The number of hydrogen-bond acceptors (Lipinski definition) is 3. The molecule has 146 valence electrons. The maximum Gasteiger partial charge on any atom is 0.436 e. The Kier molecular flexibility index (Phi) is 5.22. The van der Waals surface area contributed by atoms with Crippen molar-refractivity contribution in [3.05, 3.63) is 52.3 Å². The fourth-order valence-electron chi connectivity index (χ4n) is 3.25. The van der Waals surface area contributed by atoms with Gasteiger partial charge in [-0.3, -0.25) is 9.48 Å². The van der Waals surface area contributed by atoms with Crippen LogP contribution in [0.3, 0.4) is 0 Å². The summed E-state index contributed by atoms with van der Waals surface area (Å²) < 4.78 is 39.7. The first-order valence-corrected chi connectivity index (χ1v) is 8.85. The van der Waals surface area contributed by atoms with E-state index in [1.54, 1.807) is 0 Å². The largest absolute Gasteiger partial charge is 0.436 e. The maximum absolute atomic E-state index is 12.9. The molecule has 1 amide bonds. The van der Waals surface area contributed by atoms with Gasteiger partial charge in [0, 0.05) is 13.1 Å². The summed E-state index contributed by atoms with van der Waals surface area (Å²) in [5.74, 6) is -0.360. The van der Waals surface area contributed by atoms with Gasteiger partial charge in [0.15, 0.2) is 5.69 Å². The highest BCUT2D eigenvalue weighted by molar-refractivity contribution is 6.32. The summed E-state index contributed by atoms with van der Waals surface area (Å²) in [6, 6.07) is 9.22. The molecule has 0 saturated carbocycles. The number of amides is 1. The van der Waals surface area contributed by atoms with E-state index in [-0.39, 0.29) is 18.1 Å². The summed E-state index contributed by atoms with van der Waals surface area (Å²) in [5, 5.41) is 13.8. The number of aliphatic hydroxyl groups is 1. The zero-order valence-corrected chi connectivity index (χ0v) is 15.4. The summed E-state index contributed by atoms with van der Waals surface area (Å²) in [6.45, 7) is 1.68. The number of halogens is 4. The molecule has 2 aromatic rings. The van der Waals surface area contributed by atoms with E-state index in [1.165, 1.54) is 11.8 Å². The molecule has 0 aliphatic carbocycles. The van der Waals surface area contributed by atoms with Crippen LogP contribution in [0.4, 0.5) is 13.2 Å². The zero-order chi connectivity index (χ0) is 19.8. The fourth-order valence-corrected chi connectivity index (χ4v) is 3.49. The number of piperidine rings is 1. The van der Waals surface area contributed by atoms with Gasteiger partial charge in [0.05, 0.1) is 16.3 Å². The lowest BCUT2D eigenvalue weighted by molar-refractivity contribution is -0.142. The predicted octanol–water partition coefficient (Wildman–Crippen LogP) is 3.37. The molecule has 0 unspecified atom stereocenters. The summed E-state index contributed by atoms with van der Waals surface area (Å²) >= 11 is 5.71. The summed E-state index contributed by atoms with van der Waals surface area (Å²) in [5.41, 5.74) is -1.31. The van der Waals surface area contributed by atoms with E-state index in [4.69, 9.17) is 11.6 Å². The van der Waals surface area contributed by atoms with Gasteiger partial charge < -0.3 is 10.0 Å². The van der Waals surface area contributed by atoms with Crippen LogP contribution in [-0.2, 0) is 23.1 Å². The summed E-state index contributed by atoms with van der Waals surface area (Å²) in [6.07, 6.45) is -3.96. The lowest BCUT2D eigenvalue weighted by Gasteiger charge is -2.38. The van der Waals surface area contributed by atoms with Gasteiger partial charge in [0.2, 0.25) is 5.91 Å². The molecule has 3 rings (SSSR count). The van der Waals surface area contributed by atoms with E-state index in [1.807, 2.05) is 30.3 Å². The van der Waals surface area contributed by atoms with Crippen molar-refractivity contribution in [2.75, 3.05) is 13.1 Å². The van der Waals surface area contributed by atoms with Crippen LogP contribution in [0, 0.1) is 6.92 Å². The van der Waals surface area contributed by atoms with E-state index in [2.05, 4.69) is 5.10 Å². The first kappa shape index (κ1) is 19.7. The van der Waals surface area contributed by atoms with Gasteiger partial charge in [-0.2, -0.15) is 18.3 Å². The highest BCUT2D eigenvalue weighted by Crippen LogP contribution is 2.36. The topological polar surface area (TPSA) is 58.4 Å². The van der Waals surface area contributed by atoms with Crippen LogP contribution in [-0.4, -0.2) is 38.8 Å². The predicted molar refractivity (Wildman–Crippen MR) is 93.1 cm³/mol. The Hall–Kier alpha value is -2.06. The van der Waals surface area contributed by atoms with Crippen molar-refractivity contribution in [3.63, 3.8) is 0 Å². The first-order valence-electron chi connectivity index (χ1n) is 8.47. The van der Waals surface area contributed by atoms with E-state index >= 15 is 0 Å². The SMILES string of the molecule is Cc1c(Cl)c(C(F)(F)F)nn1CC(=O)N1CCC(O)(c2ccccc2)CC1. The van der Waals surface area contributed by atoms with E-state index in [0.29, 0.717) is 25.9 Å². The molecule has 1 aliphatic heterocycles. The van der Waals surface area contributed by atoms with Crippen molar-refractivity contribution in [2.24, 2.45) is 0 Å².